The van der Waals surface area contributed by atoms with Gasteiger partial charge in [-0.15, -0.1) is 24.0 Å². The molecular formula is C23H32IN7O. The van der Waals surface area contributed by atoms with Gasteiger partial charge >= 0.3 is 0 Å². The molecule has 1 saturated heterocycles. The molecule has 3 aromatic rings. The minimum Gasteiger partial charge on any atom is -0.468 e. The fraction of sp³-hybridized carbons (Fsp3) is 0.435. The van der Waals surface area contributed by atoms with E-state index in [0.29, 0.717) is 6.54 Å². The lowest BCUT2D eigenvalue weighted by molar-refractivity contribution is 0.146. The zero-order chi connectivity index (χ0) is 21.5. The summed E-state index contributed by atoms with van der Waals surface area (Å²) in [5.41, 5.74) is 1.09. The fourth-order valence-electron chi connectivity index (χ4n) is 4.00. The highest BCUT2D eigenvalue weighted by atomic mass is 127. The van der Waals surface area contributed by atoms with Crippen molar-refractivity contribution >= 4 is 29.9 Å². The quantitative estimate of drug-likeness (QED) is 0.266. The number of likely N-dealkylation sites (tertiary alicyclic amines) is 1. The van der Waals surface area contributed by atoms with Crippen LogP contribution in [-0.2, 0) is 6.54 Å². The number of aliphatic imine (C=N–C) groups is 1. The van der Waals surface area contributed by atoms with Gasteiger partial charge in [0.1, 0.15) is 17.4 Å². The lowest BCUT2D eigenvalue weighted by Crippen LogP contribution is -2.44. The van der Waals surface area contributed by atoms with Crippen LogP contribution in [-0.4, -0.2) is 52.1 Å². The molecule has 1 fully saturated rings. The molecule has 0 spiro atoms. The molecule has 1 aliphatic rings. The van der Waals surface area contributed by atoms with Gasteiger partial charge in [0.05, 0.1) is 12.3 Å². The molecule has 172 valence electrons. The van der Waals surface area contributed by atoms with Gasteiger partial charge in [-0.2, -0.15) is 0 Å². The molecule has 1 aliphatic heterocycles. The van der Waals surface area contributed by atoms with Crippen molar-refractivity contribution in [2.75, 3.05) is 26.7 Å². The van der Waals surface area contributed by atoms with Crippen LogP contribution in [0.1, 0.15) is 42.5 Å². The standard InChI is InChI=1S/C23H31N7O.HI/c1-18-25-10-13-30(18)22-9-8-19(15-26-22)16-27-23(24-2)28-17-20(21-7-6-14-31-21)29-11-4-3-5-12-29;/h6-10,13-15,20H,3-5,11-12,16-17H2,1-2H3,(H2,24,27,28);1H. The number of piperidine rings is 1. The number of imidazole rings is 1. The molecule has 0 aromatic carbocycles. The predicted molar refractivity (Wildman–Crippen MR) is 137 cm³/mol. The Morgan fingerprint density at radius 1 is 1.16 bits per heavy atom. The van der Waals surface area contributed by atoms with E-state index in [2.05, 4.69) is 42.6 Å². The molecule has 0 radical (unpaired) electrons. The van der Waals surface area contributed by atoms with Crippen LogP contribution in [0.15, 0.2) is 58.5 Å². The third-order valence-electron chi connectivity index (χ3n) is 5.73. The number of nitrogens with zero attached hydrogens (tertiary/aromatic N) is 5. The van der Waals surface area contributed by atoms with Gasteiger partial charge in [0.25, 0.3) is 0 Å². The smallest absolute Gasteiger partial charge is 0.191 e. The fourth-order valence-corrected chi connectivity index (χ4v) is 4.00. The number of nitrogens with one attached hydrogen (secondary N) is 2. The van der Waals surface area contributed by atoms with E-state index < -0.39 is 0 Å². The van der Waals surface area contributed by atoms with Crippen LogP contribution < -0.4 is 10.6 Å². The van der Waals surface area contributed by atoms with Crippen molar-refractivity contribution in [1.82, 2.24) is 30.1 Å². The van der Waals surface area contributed by atoms with E-state index in [1.807, 2.05) is 36.0 Å². The van der Waals surface area contributed by atoms with Crippen molar-refractivity contribution in [1.29, 1.82) is 0 Å². The number of halogens is 1. The Labute approximate surface area is 206 Å². The summed E-state index contributed by atoms with van der Waals surface area (Å²) in [5.74, 6) is 3.55. The average Bonchev–Trinajstić information content (AvgIpc) is 3.49. The van der Waals surface area contributed by atoms with E-state index in [1.165, 1.54) is 19.3 Å². The molecule has 32 heavy (non-hydrogen) atoms. The Balaban J connectivity index is 0.00000289. The molecule has 9 heteroatoms. The van der Waals surface area contributed by atoms with Crippen LogP contribution in [0.3, 0.4) is 0 Å². The van der Waals surface area contributed by atoms with Crippen LogP contribution in [0.2, 0.25) is 0 Å². The molecule has 0 amide bonds. The molecular weight excluding hydrogens is 517 g/mol. The van der Waals surface area contributed by atoms with Crippen molar-refractivity contribution in [3.8, 4) is 5.82 Å². The monoisotopic (exact) mass is 549 g/mol. The minimum absolute atomic E-state index is 0. The third-order valence-corrected chi connectivity index (χ3v) is 5.73. The SMILES string of the molecule is CN=C(NCc1ccc(-n2ccnc2C)nc1)NCC(c1ccco1)N1CCCCC1.I. The van der Waals surface area contributed by atoms with Crippen molar-refractivity contribution in [2.24, 2.45) is 4.99 Å². The van der Waals surface area contributed by atoms with Gasteiger partial charge in [0, 0.05) is 38.7 Å². The number of aromatic nitrogens is 3. The lowest BCUT2D eigenvalue weighted by atomic mass is 10.1. The first-order valence-corrected chi connectivity index (χ1v) is 10.9. The van der Waals surface area contributed by atoms with E-state index in [0.717, 1.165) is 48.6 Å². The number of aryl methyl sites for hydroxylation is 1. The van der Waals surface area contributed by atoms with Crippen molar-refractivity contribution in [3.05, 3.63) is 66.3 Å². The number of rotatable bonds is 7. The number of pyridine rings is 1. The van der Waals surface area contributed by atoms with E-state index in [-0.39, 0.29) is 30.0 Å². The average molecular weight is 549 g/mol. The maximum atomic E-state index is 5.74. The Hall–Kier alpha value is -2.40. The highest BCUT2D eigenvalue weighted by molar-refractivity contribution is 14.0. The third kappa shape index (κ3) is 6.10. The molecule has 4 heterocycles. The number of furan rings is 1. The van der Waals surface area contributed by atoms with Crippen LogP contribution in [0.5, 0.6) is 0 Å². The molecule has 8 nitrogen and oxygen atoms in total. The Morgan fingerprint density at radius 3 is 2.62 bits per heavy atom. The summed E-state index contributed by atoms with van der Waals surface area (Å²) in [5, 5.41) is 6.86. The highest BCUT2D eigenvalue weighted by Crippen LogP contribution is 2.24. The van der Waals surface area contributed by atoms with Gasteiger partial charge < -0.3 is 15.1 Å². The van der Waals surface area contributed by atoms with Gasteiger partial charge in [-0.3, -0.25) is 14.5 Å². The summed E-state index contributed by atoms with van der Waals surface area (Å²) in [4.78, 5) is 15.7. The Morgan fingerprint density at radius 2 is 2.00 bits per heavy atom. The second-order valence-corrected chi connectivity index (χ2v) is 7.80. The van der Waals surface area contributed by atoms with Gasteiger partial charge in [-0.1, -0.05) is 12.5 Å². The van der Waals surface area contributed by atoms with Crippen LogP contribution >= 0.6 is 24.0 Å². The lowest BCUT2D eigenvalue weighted by Gasteiger charge is -2.33. The second kappa shape index (κ2) is 12.0. The summed E-state index contributed by atoms with van der Waals surface area (Å²) >= 11 is 0. The summed E-state index contributed by atoms with van der Waals surface area (Å²) < 4.78 is 7.70. The maximum absolute atomic E-state index is 5.74. The molecule has 0 aliphatic carbocycles. The predicted octanol–water partition coefficient (Wildman–Crippen LogP) is 3.68. The van der Waals surface area contributed by atoms with Gasteiger partial charge in [-0.25, -0.2) is 9.97 Å². The van der Waals surface area contributed by atoms with Crippen molar-refractivity contribution in [3.63, 3.8) is 0 Å². The molecule has 0 saturated carbocycles. The number of hydrogen-bond donors (Lipinski definition) is 2. The first-order valence-electron chi connectivity index (χ1n) is 10.9. The van der Waals surface area contributed by atoms with Crippen molar-refractivity contribution < 1.29 is 4.42 Å². The zero-order valence-corrected chi connectivity index (χ0v) is 21.0. The van der Waals surface area contributed by atoms with E-state index in [1.54, 1.807) is 19.5 Å². The van der Waals surface area contributed by atoms with Crippen LogP contribution in [0, 0.1) is 6.92 Å². The van der Waals surface area contributed by atoms with Crippen LogP contribution in [0.25, 0.3) is 5.82 Å². The first-order chi connectivity index (χ1) is 15.2. The highest BCUT2D eigenvalue weighted by Gasteiger charge is 2.24. The van der Waals surface area contributed by atoms with E-state index in [4.69, 9.17) is 4.42 Å². The topological polar surface area (TPSA) is 83.5 Å². The van der Waals surface area contributed by atoms with Gasteiger partial charge in [0.15, 0.2) is 5.96 Å². The van der Waals surface area contributed by atoms with Crippen molar-refractivity contribution in [2.45, 2.75) is 38.8 Å². The minimum atomic E-state index is 0. The summed E-state index contributed by atoms with van der Waals surface area (Å²) in [7, 11) is 1.79. The number of guanidine groups is 1. The molecule has 0 bridgehead atoms. The van der Waals surface area contributed by atoms with E-state index in [9.17, 15) is 0 Å². The Bertz CT molecular complexity index is 963. The normalized spacial score (nSPS) is 15.8. The second-order valence-electron chi connectivity index (χ2n) is 7.80. The molecule has 1 unspecified atom stereocenters. The summed E-state index contributed by atoms with van der Waals surface area (Å²) in [6.45, 7) is 5.56. The van der Waals surface area contributed by atoms with Crippen LogP contribution in [0.4, 0.5) is 0 Å². The zero-order valence-electron chi connectivity index (χ0n) is 18.7. The maximum Gasteiger partial charge on any atom is 0.191 e. The van der Waals surface area contributed by atoms with E-state index >= 15 is 0 Å². The summed E-state index contributed by atoms with van der Waals surface area (Å²) in [6, 6.07) is 8.30. The molecule has 3 aromatic heterocycles. The van der Waals surface area contributed by atoms with Gasteiger partial charge in [-0.05, 0) is 56.6 Å². The van der Waals surface area contributed by atoms with Gasteiger partial charge in [0.2, 0.25) is 0 Å². The Kier molecular flexibility index (Phi) is 9.10. The largest absolute Gasteiger partial charge is 0.468 e. The molecule has 1 atom stereocenters. The number of hydrogen-bond acceptors (Lipinski definition) is 5. The summed E-state index contributed by atoms with van der Waals surface area (Å²) in [6.07, 6.45) is 11.1. The molecule has 2 N–H and O–H groups in total. The molecule has 4 rings (SSSR count). The first kappa shape index (κ1) is 24.2.